The number of oxazole rings is 1. The third kappa shape index (κ3) is 3.16. The number of ether oxygens (including phenoxy) is 2. The van der Waals surface area contributed by atoms with Gasteiger partial charge in [0.25, 0.3) is 5.89 Å². The molecule has 22 heavy (non-hydrogen) atoms. The monoisotopic (exact) mass is 309 g/mol. The number of methoxy groups -OCH3 is 2. The Balaban J connectivity index is 1.65. The SMILES string of the molecule is COCCN1CCc2oc(C(=O)N3CC[C@@H](OC)C3)nc2C1. The Morgan fingerprint density at radius 1 is 1.41 bits per heavy atom. The lowest BCUT2D eigenvalue weighted by molar-refractivity contribution is 0.0687. The lowest BCUT2D eigenvalue weighted by atomic mass is 10.2. The molecule has 1 fully saturated rings. The van der Waals surface area contributed by atoms with Crippen LogP contribution in [0, 0.1) is 0 Å². The first-order chi connectivity index (χ1) is 10.7. The number of rotatable bonds is 5. The van der Waals surface area contributed by atoms with E-state index in [-0.39, 0.29) is 17.9 Å². The maximum Gasteiger partial charge on any atom is 0.309 e. The number of aromatic nitrogens is 1. The average Bonchev–Trinajstić information content (AvgIpc) is 3.18. The minimum atomic E-state index is -0.127. The smallest absolute Gasteiger partial charge is 0.309 e. The molecule has 0 N–H and O–H groups in total. The Bertz CT molecular complexity index is 531. The van der Waals surface area contributed by atoms with E-state index in [0.717, 1.165) is 43.9 Å². The zero-order valence-electron chi connectivity index (χ0n) is 13.2. The fourth-order valence-corrected chi connectivity index (χ4v) is 3.00. The van der Waals surface area contributed by atoms with E-state index in [1.54, 1.807) is 19.1 Å². The molecule has 1 aromatic heterocycles. The molecule has 1 amide bonds. The Labute approximate surface area is 130 Å². The van der Waals surface area contributed by atoms with Gasteiger partial charge in [-0.1, -0.05) is 0 Å². The minimum absolute atomic E-state index is 0.123. The van der Waals surface area contributed by atoms with Gasteiger partial charge in [-0.15, -0.1) is 0 Å². The lowest BCUT2D eigenvalue weighted by Gasteiger charge is -2.24. The number of hydrogen-bond acceptors (Lipinski definition) is 6. The Hall–Kier alpha value is -1.44. The molecule has 3 rings (SSSR count). The van der Waals surface area contributed by atoms with Crippen LogP contribution in [0.15, 0.2) is 4.42 Å². The van der Waals surface area contributed by atoms with Crippen molar-refractivity contribution in [3.63, 3.8) is 0 Å². The van der Waals surface area contributed by atoms with Gasteiger partial charge in [0.05, 0.1) is 18.4 Å². The highest BCUT2D eigenvalue weighted by atomic mass is 16.5. The van der Waals surface area contributed by atoms with Gasteiger partial charge in [0, 0.05) is 53.4 Å². The van der Waals surface area contributed by atoms with E-state index in [1.165, 1.54) is 0 Å². The van der Waals surface area contributed by atoms with Gasteiger partial charge in [0.1, 0.15) is 5.76 Å². The second kappa shape index (κ2) is 6.76. The van der Waals surface area contributed by atoms with Crippen molar-refractivity contribution in [3.05, 3.63) is 17.3 Å². The topological polar surface area (TPSA) is 68.0 Å². The van der Waals surface area contributed by atoms with Crippen LogP contribution in [-0.2, 0) is 22.4 Å². The molecule has 122 valence electrons. The van der Waals surface area contributed by atoms with E-state index in [4.69, 9.17) is 13.9 Å². The fourth-order valence-electron chi connectivity index (χ4n) is 3.00. The first-order valence-corrected chi connectivity index (χ1v) is 7.73. The summed E-state index contributed by atoms with van der Waals surface area (Å²) in [5, 5.41) is 0. The third-order valence-corrected chi connectivity index (χ3v) is 4.37. The third-order valence-electron chi connectivity index (χ3n) is 4.37. The molecule has 7 heteroatoms. The number of hydrogen-bond donors (Lipinski definition) is 0. The van der Waals surface area contributed by atoms with Crippen LogP contribution < -0.4 is 0 Å². The van der Waals surface area contributed by atoms with E-state index in [2.05, 4.69) is 9.88 Å². The molecule has 1 aromatic rings. The molecule has 0 aliphatic carbocycles. The van der Waals surface area contributed by atoms with Crippen molar-refractivity contribution in [2.45, 2.75) is 25.5 Å². The van der Waals surface area contributed by atoms with Crippen LogP contribution in [0.2, 0.25) is 0 Å². The number of fused-ring (bicyclic) bond motifs is 1. The number of likely N-dealkylation sites (tertiary alicyclic amines) is 1. The van der Waals surface area contributed by atoms with Gasteiger partial charge < -0.3 is 18.8 Å². The van der Waals surface area contributed by atoms with Gasteiger partial charge in [-0.3, -0.25) is 9.69 Å². The summed E-state index contributed by atoms with van der Waals surface area (Å²) in [7, 11) is 3.38. The molecule has 0 spiro atoms. The molecule has 0 saturated carbocycles. The Morgan fingerprint density at radius 3 is 3.00 bits per heavy atom. The second-order valence-corrected chi connectivity index (χ2v) is 5.81. The maximum absolute atomic E-state index is 12.5. The van der Waals surface area contributed by atoms with Crippen LogP contribution in [0.1, 0.15) is 28.6 Å². The molecule has 0 bridgehead atoms. The van der Waals surface area contributed by atoms with Crippen molar-refractivity contribution in [2.75, 3.05) is 47.0 Å². The molecule has 3 heterocycles. The highest BCUT2D eigenvalue weighted by molar-refractivity contribution is 5.90. The van der Waals surface area contributed by atoms with Crippen LogP contribution in [-0.4, -0.2) is 73.8 Å². The Morgan fingerprint density at radius 2 is 2.27 bits per heavy atom. The quantitative estimate of drug-likeness (QED) is 0.791. The van der Waals surface area contributed by atoms with Crippen molar-refractivity contribution in [1.82, 2.24) is 14.8 Å². The van der Waals surface area contributed by atoms with Crippen molar-refractivity contribution in [2.24, 2.45) is 0 Å². The number of carbonyl (C=O) groups is 1. The van der Waals surface area contributed by atoms with Gasteiger partial charge in [-0.05, 0) is 6.42 Å². The summed E-state index contributed by atoms with van der Waals surface area (Å²) in [6.07, 6.45) is 1.78. The van der Waals surface area contributed by atoms with E-state index >= 15 is 0 Å². The molecule has 1 atom stereocenters. The number of carbonyl (C=O) groups excluding carboxylic acids is 1. The fraction of sp³-hybridized carbons (Fsp3) is 0.733. The molecule has 0 unspecified atom stereocenters. The van der Waals surface area contributed by atoms with Crippen molar-refractivity contribution >= 4 is 5.91 Å². The van der Waals surface area contributed by atoms with Crippen molar-refractivity contribution in [3.8, 4) is 0 Å². The first kappa shape index (κ1) is 15.5. The summed E-state index contributed by atoms with van der Waals surface area (Å²) in [5.74, 6) is 0.937. The highest BCUT2D eigenvalue weighted by Crippen LogP contribution is 2.22. The maximum atomic E-state index is 12.5. The molecule has 0 aromatic carbocycles. The van der Waals surface area contributed by atoms with Crippen LogP contribution in [0.4, 0.5) is 0 Å². The summed E-state index contributed by atoms with van der Waals surface area (Å²) in [6, 6.07) is 0. The molecule has 7 nitrogen and oxygen atoms in total. The minimum Gasteiger partial charge on any atom is -0.437 e. The van der Waals surface area contributed by atoms with E-state index < -0.39 is 0 Å². The summed E-state index contributed by atoms with van der Waals surface area (Å²) in [6.45, 7) is 4.51. The van der Waals surface area contributed by atoms with Crippen LogP contribution in [0.3, 0.4) is 0 Å². The van der Waals surface area contributed by atoms with Crippen LogP contribution in [0.25, 0.3) is 0 Å². The van der Waals surface area contributed by atoms with Gasteiger partial charge in [-0.25, -0.2) is 4.98 Å². The summed E-state index contributed by atoms with van der Waals surface area (Å²) < 4.78 is 16.1. The Kier molecular flexibility index (Phi) is 4.75. The standard InChI is InChI=1S/C15H23N3O4/c1-20-8-7-17-5-4-13-12(10-17)16-14(22-13)15(19)18-6-3-11(9-18)21-2/h11H,3-10H2,1-2H3/t11-/m1/s1. The summed E-state index contributed by atoms with van der Waals surface area (Å²) in [5.41, 5.74) is 0.883. The van der Waals surface area contributed by atoms with Crippen molar-refractivity contribution < 1.29 is 18.7 Å². The van der Waals surface area contributed by atoms with Crippen molar-refractivity contribution in [1.29, 1.82) is 0 Å². The zero-order chi connectivity index (χ0) is 15.5. The van der Waals surface area contributed by atoms with Gasteiger partial charge in [0.2, 0.25) is 0 Å². The lowest BCUT2D eigenvalue weighted by Crippen LogP contribution is -2.33. The largest absolute Gasteiger partial charge is 0.437 e. The first-order valence-electron chi connectivity index (χ1n) is 7.73. The van der Waals surface area contributed by atoms with Crippen LogP contribution in [0.5, 0.6) is 0 Å². The number of amides is 1. The number of nitrogens with zero attached hydrogens (tertiary/aromatic N) is 3. The van der Waals surface area contributed by atoms with E-state index in [1.807, 2.05) is 0 Å². The molecule has 2 aliphatic rings. The molecular formula is C15H23N3O4. The summed E-state index contributed by atoms with van der Waals surface area (Å²) in [4.78, 5) is 20.9. The highest BCUT2D eigenvalue weighted by Gasteiger charge is 2.31. The molecule has 0 radical (unpaired) electrons. The van der Waals surface area contributed by atoms with Gasteiger partial charge in [-0.2, -0.15) is 0 Å². The summed E-state index contributed by atoms with van der Waals surface area (Å²) >= 11 is 0. The van der Waals surface area contributed by atoms with Gasteiger partial charge in [0.15, 0.2) is 0 Å². The second-order valence-electron chi connectivity index (χ2n) is 5.81. The van der Waals surface area contributed by atoms with Crippen LogP contribution >= 0.6 is 0 Å². The van der Waals surface area contributed by atoms with Gasteiger partial charge >= 0.3 is 5.91 Å². The van der Waals surface area contributed by atoms with E-state index in [0.29, 0.717) is 19.7 Å². The molecule has 1 saturated heterocycles. The predicted molar refractivity (Wildman–Crippen MR) is 78.7 cm³/mol. The molecule has 2 aliphatic heterocycles. The predicted octanol–water partition coefficient (Wildman–Crippen LogP) is 0.540. The molecular weight excluding hydrogens is 286 g/mol. The zero-order valence-corrected chi connectivity index (χ0v) is 13.2. The average molecular weight is 309 g/mol. The van der Waals surface area contributed by atoms with E-state index in [9.17, 15) is 4.79 Å². The normalized spacial score (nSPS) is 22.1.